The summed E-state index contributed by atoms with van der Waals surface area (Å²) < 4.78 is 6.56. The van der Waals surface area contributed by atoms with Gasteiger partial charge in [-0.05, 0) is 25.0 Å². The minimum atomic E-state index is -0.737. The predicted octanol–water partition coefficient (Wildman–Crippen LogP) is 1.22. The fraction of sp³-hybridized carbons (Fsp3) is 0.350. The highest BCUT2D eigenvalue weighted by Crippen LogP contribution is 2.34. The Balaban J connectivity index is 1.58. The van der Waals surface area contributed by atoms with E-state index in [2.05, 4.69) is 16.9 Å². The van der Waals surface area contributed by atoms with Crippen LogP contribution in [0.3, 0.4) is 0 Å². The molecule has 0 aliphatic heterocycles. The van der Waals surface area contributed by atoms with E-state index in [4.69, 9.17) is 4.74 Å². The number of hydrogen-bond acceptors (Lipinski definition) is 6. The number of carbonyl (C=O) groups is 3. The molecule has 152 valence electrons. The number of amides is 3. The minimum Gasteiger partial charge on any atom is -0.456 e. The third-order valence-corrected chi connectivity index (χ3v) is 4.37. The smallest absolute Gasteiger partial charge is 0.321 e. The first-order valence-electron chi connectivity index (χ1n) is 9.34. The number of para-hydroxylation sites is 1. The summed E-state index contributed by atoms with van der Waals surface area (Å²) >= 11 is 0. The summed E-state index contributed by atoms with van der Waals surface area (Å²) in [6, 6.07) is 6.52. The first kappa shape index (κ1) is 20.2. The van der Waals surface area contributed by atoms with E-state index in [0.717, 1.165) is 12.8 Å². The van der Waals surface area contributed by atoms with Crippen LogP contribution in [0.4, 0.5) is 4.79 Å². The highest BCUT2D eigenvalue weighted by molar-refractivity contribution is 5.95. The quantitative estimate of drug-likeness (QED) is 0.510. The summed E-state index contributed by atoms with van der Waals surface area (Å²) in [7, 11) is 0. The molecule has 0 atom stereocenters. The molecule has 3 rings (SSSR count). The average molecular weight is 398 g/mol. The molecule has 0 saturated heterocycles. The summed E-state index contributed by atoms with van der Waals surface area (Å²) in [5.41, 5.74) is 0.481. The number of ether oxygens (including phenoxy) is 1. The van der Waals surface area contributed by atoms with E-state index < -0.39 is 24.5 Å². The Morgan fingerprint density at radius 1 is 1.28 bits per heavy atom. The van der Waals surface area contributed by atoms with Crippen LogP contribution >= 0.6 is 0 Å². The van der Waals surface area contributed by atoms with Gasteiger partial charge in [0.2, 0.25) is 0 Å². The van der Waals surface area contributed by atoms with Crippen molar-refractivity contribution in [2.75, 3.05) is 13.2 Å². The van der Waals surface area contributed by atoms with Gasteiger partial charge in [-0.25, -0.2) is 9.78 Å². The number of aryl methyl sites for hydroxylation is 1. The lowest BCUT2D eigenvalue weighted by molar-refractivity contribution is -0.148. The average Bonchev–Trinajstić information content (AvgIpc) is 3.54. The fourth-order valence-electron chi connectivity index (χ4n) is 2.88. The number of imide groups is 1. The van der Waals surface area contributed by atoms with Crippen molar-refractivity contribution in [2.45, 2.75) is 31.7 Å². The number of hydrogen-bond donors (Lipinski definition) is 2. The van der Waals surface area contributed by atoms with Crippen LogP contribution in [0.1, 0.15) is 31.1 Å². The number of carbonyl (C=O) groups excluding carboxylic acids is 3. The van der Waals surface area contributed by atoms with Gasteiger partial charge in [-0.2, -0.15) is 0 Å². The Morgan fingerprint density at radius 2 is 2.03 bits per heavy atom. The van der Waals surface area contributed by atoms with E-state index in [1.807, 2.05) is 5.32 Å². The zero-order valence-corrected chi connectivity index (χ0v) is 15.8. The molecule has 1 aromatic heterocycles. The van der Waals surface area contributed by atoms with Gasteiger partial charge in [0, 0.05) is 19.0 Å². The Labute approximate surface area is 166 Å². The van der Waals surface area contributed by atoms with Crippen molar-refractivity contribution >= 4 is 28.8 Å². The molecule has 1 aliphatic rings. The van der Waals surface area contributed by atoms with Crippen LogP contribution < -0.4 is 16.2 Å². The first-order chi connectivity index (χ1) is 14.0. The number of nitrogens with one attached hydrogen (secondary N) is 2. The Bertz CT molecular complexity index is 1010. The molecule has 3 amide bonds. The third-order valence-electron chi connectivity index (χ3n) is 4.37. The number of aromatic nitrogens is 2. The van der Waals surface area contributed by atoms with Gasteiger partial charge in [-0.15, -0.1) is 6.58 Å². The van der Waals surface area contributed by atoms with Crippen LogP contribution in [0.15, 0.2) is 41.7 Å². The molecular weight excluding hydrogens is 376 g/mol. The molecule has 1 heterocycles. The van der Waals surface area contributed by atoms with E-state index in [1.54, 1.807) is 28.8 Å². The molecule has 0 bridgehead atoms. The van der Waals surface area contributed by atoms with Crippen molar-refractivity contribution in [1.82, 2.24) is 20.2 Å². The number of esters is 1. The first-order valence-corrected chi connectivity index (χ1v) is 9.34. The number of urea groups is 1. The Morgan fingerprint density at radius 3 is 2.76 bits per heavy atom. The van der Waals surface area contributed by atoms with Crippen molar-refractivity contribution in [3.8, 4) is 0 Å². The lowest BCUT2D eigenvalue weighted by atomic mass is 10.2. The van der Waals surface area contributed by atoms with Crippen LogP contribution in [-0.4, -0.2) is 40.6 Å². The van der Waals surface area contributed by atoms with Gasteiger partial charge in [-0.3, -0.25) is 24.3 Å². The molecule has 0 unspecified atom stereocenters. The van der Waals surface area contributed by atoms with Gasteiger partial charge in [0.25, 0.3) is 11.5 Å². The third kappa shape index (κ3) is 5.28. The van der Waals surface area contributed by atoms with Gasteiger partial charge in [0.05, 0.1) is 17.3 Å². The lowest BCUT2D eigenvalue weighted by Crippen LogP contribution is -2.41. The second kappa shape index (κ2) is 9.13. The van der Waals surface area contributed by atoms with Crippen molar-refractivity contribution in [3.63, 3.8) is 0 Å². The van der Waals surface area contributed by atoms with Crippen molar-refractivity contribution in [1.29, 1.82) is 0 Å². The molecule has 0 spiro atoms. The summed E-state index contributed by atoms with van der Waals surface area (Å²) in [6.45, 7) is 3.08. The predicted molar refractivity (Wildman–Crippen MR) is 105 cm³/mol. The topological polar surface area (TPSA) is 119 Å². The van der Waals surface area contributed by atoms with Crippen LogP contribution in [0.5, 0.6) is 0 Å². The summed E-state index contributed by atoms with van der Waals surface area (Å²) in [5, 5.41) is 4.95. The van der Waals surface area contributed by atoms with E-state index in [1.165, 1.54) is 6.08 Å². The van der Waals surface area contributed by atoms with Gasteiger partial charge in [0.15, 0.2) is 6.61 Å². The summed E-state index contributed by atoms with van der Waals surface area (Å²) in [6.07, 6.45) is 3.47. The van der Waals surface area contributed by atoms with Crippen LogP contribution in [0, 0.1) is 0 Å². The van der Waals surface area contributed by atoms with Crippen LogP contribution in [0.25, 0.3) is 10.9 Å². The number of rotatable bonds is 8. The summed E-state index contributed by atoms with van der Waals surface area (Å²) in [4.78, 5) is 52.3. The molecule has 1 saturated carbocycles. The molecule has 1 fully saturated rings. The SMILES string of the molecule is C=CCNC(=O)NC(=O)COC(=O)CCc1nc2ccccc2c(=O)n1C1CC1. The monoisotopic (exact) mass is 398 g/mol. The van der Waals surface area contributed by atoms with E-state index in [0.29, 0.717) is 16.7 Å². The lowest BCUT2D eigenvalue weighted by Gasteiger charge is -2.12. The highest BCUT2D eigenvalue weighted by atomic mass is 16.5. The van der Waals surface area contributed by atoms with Gasteiger partial charge in [0.1, 0.15) is 5.82 Å². The van der Waals surface area contributed by atoms with E-state index in [9.17, 15) is 19.2 Å². The summed E-state index contributed by atoms with van der Waals surface area (Å²) in [5.74, 6) is -0.823. The maximum atomic E-state index is 12.8. The van der Waals surface area contributed by atoms with Crippen molar-refractivity contribution in [3.05, 3.63) is 53.1 Å². The standard InChI is InChI=1S/C20H22N4O5/c1-2-11-21-20(28)23-17(25)12-29-18(26)10-9-16-22-15-6-4-3-5-14(15)19(27)24(16)13-7-8-13/h2-6,13H,1,7-12H2,(H2,21,23,25,28). The Kier molecular flexibility index (Phi) is 6.38. The van der Waals surface area contributed by atoms with Crippen LogP contribution in [0.2, 0.25) is 0 Å². The van der Waals surface area contributed by atoms with E-state index >= 15 is 0 Å². The van der Waals surface area contributed by atoms with Gasteiger partial charge >= 0.3 is 12.0 Å². The van der Waals surface area contributed by atoms with Crippen LogP contribution in [-0.2, 0) is 20.7 Å². The maximum absolute atomic E-state index is 12.8. The molecule has 2 N–H and O–H groups in total. The second-order valence-corrected chi connectivity index (χ2v) is 6.66. The molecule has 1 aromatic carbocycles. The molecule has 2 aromatic rings. The maximum Gasteiger partial charge on any atom is 0.321 e. The van der Waals surface area contributed by atoms with Crippen molar-refractivity contribution < 1.29 is 19.1 Å². The zero-order chi connectivity index (χ0) is 20.8. The number of fused-ring (bicyclic) bond motifs is 1. The zero-order valence-electron chi connectivity index (χ0n) is 15.8. The molecule has 9 nitrogen and oxygen atoms in total. The Hall–Kier alpha value is -3.49. The molecular formula is C20H22N4O5. The fourth-order valence-corrected chi connectivity index (χ4v) is 2.88. The minimum absolute atomic E-state index is 0.0343. The van der Waals surface area contributed by atoms with Gasteiger partial charge in [-0.1, -0.05) is 18.2 Å². The van der Waals surface area contributed by atoms with Crippen molar-refractivity contribution in [2.24, 2.45) is 0 Å². The number of benzene rings is 1. The highest BCUT2D eigenvalue weighted by Gasteiger charge is 2.28. The van der Waals surface area contributed by atoms with E-state index in [-0.39, 0.29) is 31.0 Å². The molecule has 1 aliphatic carbocycles. The molecule has 29 heavy (non-hydrogen) atoms. The normalized spacial score (nSPS) is 13.0. The largest absolute Gasteiger partial charge is 0.456 e. The van der Waals surface area contributed by atoms with Gasteiger partial charge < -0.3 is 10.1 Å². The molecule has 0 radical (unpaired) electrons. The second-order valence-electron chi connectivity index (χ2n) is 6.66. The number of nitrogens with zero attached hydrogens (tertiary/aromatic N) is 2. The molecule has 9 heteroatoms.